The molecule has 1 aromatic rings. The summed E-state index contributed by atoms with van der Waals surface area (Å²) in [5.41, 5.74) is 0. The lowest BCUT2D eigenvalue weighted by atomic mass is 10.3. The summed E-state index contributed by atoms with van der Waals surface area (Å²) in [7, 11) is 3.43. The Bertz CT molecular complexity index is 495. The molecule has 0 saturated carbocycles. The van der Waals surface area contributed by atoms with Crippen molar-refractivity contribution >= 4 is 51.8 Å². The van der Waals surface area contributed by atoms with Crippen LogP contribution in [0.1, 0.15) is 6.92 Å². The molecule has 1 rings (SSSR count). The quantitative estimate of drug-likeness (QED) is 0.261. The summed E-state index contributed by atoms with van der Waals surface area (Å²) in [5.74, 6) is 1.38. The van der Waals surface area contributed by atoms with E-state index in [0.717, 1.165) is 16.8 Å². The van der Waals surface area contributed by atoms with Gasteiger partial charge in [-0.15, -0.1) is 24.0 Å². The van der Waals surface area contributed by atoms with Crippen molar-refractivity contribution in [3.05, 3.63) is 28.7 Å². The van der Waals surface area contributed by atoms with E-state index in [1.807, 2.05) is 31.2 Å². The zero-order valence-electron chi connectivity index (χ0n) is 13.6. The number of amides is 1. The third kappa shape index (κ3) is 9.65. The van der Waals surface area contributed by atoms with Gasteiger partial charge in [0, 0.05) is 25.1 Å². The molecule has 1 amide bonds. The van der Waals surface area contributed by atoms with Crippen molar-refractivity contribution in [2.75, 3.05) is 40.3 Å². The summed E-state index contributed by atoms with van der Waals surface area (Å²) in [6.45, 7) is 3.93. The highest BCUT2D eigenvalue weighted by molar-refractivity contribution is 14.0. The van der Waals surface area contributed by atoms with Gasteiger partial charge in [0.2, 0.25) is 5.91 Å². The predicted octanol–water partition coefficient (Wildman–Crippen LogP) is 2.09. The number of ether oxygens (including phenoxy) is 1. The summed E-state index contributed by atoms with van der Waals surface area (Å²) in [5, 5.41) is 6.22. The molecular weight excluding hydrogens is 475 g/mol. The maximum Gasteiger partial charge on any atom is 0.243 e. The van der Waals surface area contributed by atoms with Gasteiger partial charge in [-0.05, 0) is 31.2 Å². The molecule has 0 spiro atoms. The number of guanidine groups is 1. The lowest BCUT2D eigenvalue weighted by Crippen LogP contribution is -2.40. The van der Waals surface area contributed by atoms with Crippen molar-refractivity contribution in [3.63, 3.8) is 0 Å². The Morgan fingerprint density at radius 2 is 1.91 bits per heavy atom. The minimum absolute atomic E-state index is 0. The van der Waals surface area contributed by atoms with Crippen molar-refractivity contribution < 1.29 is 9.53 Å². The monoisotopic (exact) mass is 498 g/mol. The van der Waals surface area contributed by atoms with Crippen LogP contribution in [0.2, 0.25) is 0 Å². The highest BCUT2D eigenvalue weighted by Crippen LogP contribution is 2.15. The number of carbonyl (C=O) groups excluding carboxylic acids is 1. The van der Waals surface area contributed by atoms with Crippen LogP contribution >= 0.6 is 39.9 Å². The molecule has 0 atom stereocenters. The van der Waals surface area contributed by atoms with Gasteiger partial charge in [0.1, 0.15) is 18.9 Å². The molecule has 0 aliphatic carbocycles. The first-order valence-electron chi connectivity index (χ1n) is 7.13. The van der Waals surface area contributed by atoms with Crippen molar-refractivity contribution in [2.24, 2.45) is 4.99 Å². The standard InChI is InChI=1S/C15H23BrN4O2.HI/c1-4-17-15(19-11-14(21)20(2)3)18-9-10-22-13-7-5-12(16)6-8-13;/h5-8H,4,9-11H2,1-3H3,(H2,17,18,19);1H. The number of nitrogens with one attached hydrogen (secondary N) is 2. The minimum Gasteiger partial charge on any atom is -0.492 e. The van der Waals surface area contributed by atoms with Crippen molar-refractivity contribution in [1.82, 2.24) is 15.5 Å². The van der Waals surface area contributed by atoms with Crippen LogP contribution in [-0.2, 0) is 4.79 Å². The molecule has 6 nitrogen and oxygen atoms in total. The fraction of sp³-hybridized carbons (Fsp3) is 0.467. The van der Waals surface area contributed by atoms with E-state index in [1.54, 1.807) is 14.1 Å². The number of carbonyl (C=O) groups is 1. The van der Waals surface area contributed by atoms with E-state index < -0.39 is 0 Å². The first-order valence-corrected chi connectivity index (χ1v) is 7.93. The number of hydrogen-bond acceptors (Lipinski definition) is 3. The van der Waals surface area contributed by atoms with Gasteiger partial charge in [-0.3, -0.25) is 4.79 Å². The topological polar surface area (TPSA) is 66.0 Å². The molecule has 0 aliphatic rings. The van der Waals surface area contributed by atoms with E-state index in [1.165, 1.54) is 4.90 Å². The first kappa shape index (κ1) is 22.0. The fourth-order valence-corrected chi connectivity index (χ4v) is 1.76. The molecule has 130 valence electrons. The van der Waals surface area contributed by atoms with Gasteiger partial charge in [-0.1, -0.05) is 15.9 Å². The van der Waals surface area contributed by atoms with E-state index in [9.17, 15) is 4.79 Å². The van der Waals surface area contributed by atoms with Gasteiger partial charge in [0.05, 0.1) is 6.54 Å². The normalized spacial score (nSPS) is 10.5. The minimum atomic E-state index is -0.0386. The van der Waals surface area contributed by atoms with Crippen LogP contribution in [-0.4, -0.2) is 57.1 Å². The average Bonchev–Trinajstić information content (AvgIpc) is 2.50. The SMILES string of the molecule is CCNC(=NCC(=O)N(C)C)NCCOc1ccc(Br)cc1.I. The molecule has 0 aromatic heterocycles. The largest absolute Gasteiger partial charge is 0.492 e. The van der Waals surface area contributed by atoms with E-state index in [0.29, 0.717) is 19.1 Å². The molecule has 0 saturated heterocycles. The predicted molar refractivity (Wildman–Crippen MR) is 108 cm³/mol. The van der Waals surface area contributed by atoms with E-state index in [-0.39, 0.29) is 36.4 Å². The third-order valence-corrected chi connectivity index (χ3v) is 3.22. The molecule has 1 aromatic carbocycles. The maximum atomic E-state index is 11.5. The molecular formula is C15H24BrIN4O2. The molecule has 0 bridgehead atoms. The second-order valence-electron chi connectivity index (χ2n) is 4.71. The van der Waals surface area contributed by atoms with Crippen molar-refractivity contribution in [1.29, 1.82) is 0 Å². The van der Waals surface area contributed by atoms with Gasteiger partial charge in [-0.25, -0.2) is 4.99 Å². The highest BCUT2D eigenvalue weighted by Gasteiger charge is 2.03. The van der Waals surface area contributed by atoms with Gasteiger partial charge in [0.25, 0.3) is 0 Å². The number of aliphatic imine (C=N–C) groups is 1. The lowest BCUT2D eigenvalue weighted by Gasteiger charge is -2.13. The molecule has 8 heteroatoms. The number of halogens is 2. The summed E-state index contributed by atoms with van der Waals surface area (Å²) >= 11 is 3.38. The molecule has 0 unspecified atom stereocenters. The molecule has 0 aliphatic heterocycles. The van der Waals surface area contributed by atoms with Crippen molar-refractivity contribution in [3.8, 4) is 5.75 Å². The van der Waals surface area contributed by atoms with Crippen LogP contribution in [0.3, 0.4) is 0 Å². The lowest BCUT2D eigenvalue weighted by molar-refractivity contribution is -0.127. The number of nitrogens with zero attached hydrogens (tertiary/aromatic N) is 2. The Balaban J connectivity index is 0.00000484. The zero-order valence-corrected chi connectivity index (χ0v) is 17.6. The highest BCUT2D eigenvalue weighted by atomic mass is 127. The van der Waals surface area contributed by atoms with Crippen LogP contribution in [0.15, 0.2) is 33.7 Å². The number of benzene rings is 1. The smallest absolute Gasteiger partial charge is 0.243 e. The number of likely N-dealkylation sites (N-methyl/N-ethyl adjacent to an activating group) is 1. The summed E-state index contributed by atoms with van der Waals surface area (Å²) in [6.07, 6.45) is 0. The van der Waals surface area contributed by atoms with Gasteiger partial charge < -0.3 is 20.3 Å². The van der Waals surface area contributed by atoms with Crippen LogP contribution in [0.4, 0.5) is 0 Å². The van der Waals surface area contributed by atoms with Gasteiger partial charge >= 0.3 is 0 Å². The van der Waals surface area contributed by atoms with Gasteiger partial charge in [-0.2, -0.15) is 0 Å². The summed E-state index contributed by atoms with van der Waals surface area (Å²) in [6, 6.07) is 7.67. The molecule has 0 radical (unpaired) electrons. The summed E-state index contributed by atoms with van der Waals surface area (Å²) < 4.78 is 6.63. The molecule has 2 N–H and O–H groups in total. The Morgan fingerprint density at radius 3 is 2.48 bits per heavy atom. The Kier molecular flexibility index (Phi) is 11.8. The number of rotatable bonds is 7. The van der Waals surface area contributed by atoms with Crippen molar-refractivity contribution in [2.45, 2.75) is 6.92 Å². The molecule has 0 fully saturated rings. The van der Waals surface area contributed by atoms with Gasteiger partial charge in [0.15, 0.2) is 5.96 Å². The Labute approximate surface area is 163 Å². The van der Waals surface area contributed by atoms with Crippen LogP contribution < -0.4 is 15.4 Å². The van der Waals surface area contributed by atoms with Crippen LogP contribution in [0.25, 0.3) is 0 Å². The Morgan fingerprint density at radius 1 is 1.26 bits per heavy atom. The maximum absolute atomic E-state index is 11.5. The Hall–Kier alpha value is -1.03. The van der Waals surface area contributed by atoms with E-state index in [2.05, 4.69) is 31.6 Å². The average molecular weight is 499 g/mol. The third-order valence-electron chi connectivity index (χ3n) is 2.69. The first-order chi connectivity index (χ1) is 10.5. The fourth-order valence-electron chi connectivity index (χ4n) is 1.50. The summed E-state index contributed by atoms with van der Waals surface area (Å²) in [4.78, 5) is 17.3. The van der Waals surface area contributed by atoms with E-state index in [4.69, 9.17) is 4.74 Å². The second-order valence-corrected chi connectivity index (χ2v) is 5.63. The molecule has 0 heterocycles. The van der Waals surface area contributed by atoms with Crippen LogP contribution in [0.5, 0.6) is 5.75 Å². The van der Waals surface area contributed by atoms with Crippen LogP contribution in [0, 0.1) is 0 Å². The number of hydrogen-bond donors (Lipinski definition) is 2. The second kappa shape index (κ2) is 12.4. The zero-order chi connectivity index (χ0) is 16.4. The molecule has 23 heavy (non-hydrogen) atoms. The van der Waals surface area contributed by atoms with E-state index >= 15 is 0 Å².